The highest BCUT2D eigenvalue weighted by Crippen LogP contribution is 2.24. The van der Waals surface area contributed by atoms with Crippen molar-refractivity contribution < 1.29 is 8.42 Å². The van der Waals surface area contributed by atoms with Gasteiger partial charge in [-0.05, 0) is 38.2 Å². The lowest BCUT2D eigenvalue weighted by Crippen LogP contribution is -2.28. The molecule has 0 spiro atoms. The van der Waals surface area contributed by atoms with Crippen molar-refractivity contribution in [3.63, 3.8) is 0 Å². The molecule has 2 rings (SSSR count). The third-order valence-electron chi connectivity index (χ3n) is 3.38. The molecular weight excluding hydrogens is 264 g/mol. The minimum atomic E-state index is -3.75. The second kappa shape index (κ2) is 5.36. The standard InChI is InChI=1S/C12H20N4O2S/c1-15-5-2-6-16(8-7-15)10-3-4-12(11(13)9-10)19(14,17)18/h3-4,9H,2,5-8,13H2,1H3,(H2,14,17,18). The SMILES string of the molecule is CN1CCCN(c2ccc(S(N)(=O)=O)c(N)c2)CC1. The van der Waals surface area contributed by atoms with Gasteiger partial charge in [-0.1, -0.05) is 0 Å². The van der Waals surface area contributed by atoms with Crippen LogP contribution in [0.1, 0.15) is 6.42 Å². The van der Waals surface area contributed by atoms with Crippen molar-refractivity contribution in [2.45, 2.75) is 11.3 Å². The highest BCUT2D eigenvalue weighted by atomic mass is 32.2. The Morgan fingerprint density at radius 2 is 1.89 bits per heavy atom. The third kappa shape index (κ3) is 3.37. The highest BCUT2D eigenvalue weighted by molar-refractivity contribution is 7.89. The molecular formula is C12H20N4O2S. The van der Waals surface area contributed by atoms with Crippen molar-refractivity contribution in [3.8, 4) is 0 Å². The predicted molar refractivity (Wildman–Crippen MR) is 76.6 cm³/mol. The van der Waals surface area contributed by atoms with Crippen LogP contribution in [0.3, 0.4) is 0 Å². The van der Waals surface area contributed by atoms with Crippen molar-refractivity contribution in [1.82, 2.24) is 4.90 Å². The van der Waals surface area contributed by atoms with Gasteiger partial charge in [-0.3, -0.25) is 0 Å². The lowest BCUT2D eigenvalue weighted by Gasteiger charge is -2.23. The van der Waals surface area contributed by atoms with Crippen LogP contribution in [0.5, 0.6) is 0 Å². The fraction of sp³-hybridized carbons (Fsp3) is 0.500. The van der Waals surface area contributed by atoms with E-state index < -0.39 is 10.0 Å². The topological polar surface area (TPSA) is 92.7 Å². The molecule has 1 aromatic rings. The number of hydrogen-bond acceptors (Lipinski definition) is 5. The van der Waals surface area contributed by atoms with Crippen LogP contribution in [-0.2, 0) is 10.0 Å². The molecule has 1 aromatic carbocycles. The Bertz CT molecular complexity index is 559. The fourth-order valence-corrected chi connectivity index (χ4v) is 2.94. The van der Waals surface area contributed by atoms with E-state index in [9.17, 15) is 8.42 Å². The molecule has 0 bridgehead atoms. The molecule has 1 aliphatic rings. The van der Waals surface area contributed by atoms with E-state index in [0.29, 0.717) is 0 Å². The first-order valence-corrected chi connectivity index (χ1v) is 7.78. The average Bonchev–Trinajstić information content (AvgIpc) is 2.52. The van der Waals surface area contributed by atoms with Gasteiger partial charge in [0, 0.05) is 25.3 Å². The smallest absolute Gasteiger partial charge is 0.240 e. The molecule has 0 saturated carbocycles. The molecule has 1 heterocycles. The Hall–Kier alpha value is -1.31. The van der Waals surface area contributed by atoms with Gasteiger partial charge in [0.15, 0.2) is 0 Å². The summed E-state index contributed by atoms with van der Waals surface area (Å²) in [7, 11) is -1.65. The summed E-state index contributed by atoms with van der Waals surface area (Å²) in [4.78, 5) is 4.48. The lowest BCUT2D eigenvalue weighted by atomic mass is 10.2. The molecule has 1 fully saturated rings. The first-order valence-electron chi connectivity index (χ1n) is 6.24. The number of nitrogen functional groups attached to an aromatic ring is 1. The van der Waals surface area contributed by atoms with Crippen LogP contribution in [0.15, 0.2) is 23.1 Å². The molecule has 1 aliphatic heterocycles. The molecule has 0 unspecified atom stereocenters. The van der Waals surface area contributed by atoms with Gasteiger partial charge < -0.3 is 15.5 Å². The van der Waals surface area contributed by atoms with Crippen LogP contribution in [0.25, 0.3) is 0 Å². The Kier molecular flexibility index (Phi) is 3.98. The van der Waals surface area contributed by atoms with Crippen molar-refractivity contribution in [3.05, 3.63) is 18.2 Å². The highest BCUT2D eigenvalue weighted by Gasteiger charge is 2.16. The number of sulfonamides is 1. The first-order chi connectivity index (χ1) is 8.88. The minimum Gasteiger partial charge on any atom is -0.398 e. The van der Waals surface area contributed by atoms with E-state index >= 15 is 0 Å². The van der Waals surface area contributed by atoms with Crippen molar-refractivity contribution >= 4 is 21.4 Å². The number of nitrogens with two attached hydrogens (primary N) is 2. The van der Waals surface area contributed by atoms with Gasteiger partial charge in [0.05, 0.1) is 5.69 Å². The molecule has 0 aliphatic carbocycles. The summed E-state index contributed by atoms with van der Waals surface area (Å²) < 4.78 is 22.6. The predicted octanol–water partition coefficient (Wildman–Crippen LogP) is 0.0581. The summed E-state index contributed by atoms with van der Waals surface area (Å²) in [5.74, 6) is 0. The van der Waals surface area contributed by atoms with Crippen LogP contribution in [0.4, 0.5) is 11.4 Å². The van der Waals surface area contributed by atoms with Gasteiger partial charge in [-0.25, -0.2) is 13.6 Å². The maximum absolute atomic E-state index is 11.3. The van der Waals surface area contributed by atoms with E-state index in [-0.39, 0.29) is 10.6 Å². The number of nitrogens with zero attached hydrogens (tertiary/aromatic N) is 2. The van der Waals surface area contributed by atoms with Gasteiger partial charge in [0.1, 0.15) is 4.90 Å². The zero-order chi connectivity index (χ0) is 14.0. The second-order valence-electron chi connectivity index (χ2n) is 4.91. The zero-order valence-electron chi connectivity index (χ0n) is 11.0. The molecule has 4 N–H and O–H groups in total. The quantitative estimate of drug-likeness (QED) is 0.749. The first kappa shape index (κ1) is 14.1. The molecule has 106 valence electrons. The average molecular weight is 284 g/mol. The lowest BCUT2D eigenvalue weighted by molar-refractivity contribution is 0.360. The molecule has 19 heavy (non-hydrogen) atoms. The van der Waals surface area contributed by atoms with E-state index in [1.54, 1.807) is 12.1 Å². The summed E-state index contributed by atoms with van der Waals surface area (Å²) in [6, 6.07) is 4.93. The van der Waals surface area contributed by atoms with Crippen molar-refractivity contribution in [2.24, 2.45) is 5.14 Å². The van der Waals surface area contributed by atoms with Crippen LogP contribution >= 0.6 is 0 Å². The summed E-state index contributed by atoms with van der Waals surface area (Å²) in [6.45, 7) is 3.90. The zero-order valence-corrected chi connectivity index (χ0v) is 11.9. The van der Waals surface area contributed by atoms with E-state index in [2.05, 4.69) is 16.8 Å². The fourth-order valence-electron chi connectivity index (χ4n) is 2.30. The Morgan fingerprint density at radius 3 is 2.53 bits per heavy atom. The maximum atomic E-state index is 11.3. The van der Waals surface area contributed by atoms with Crippen molar-refractivity contribution in [2.75, 3.05) is 43.9 Å². The van der Waals surface area contributed by atoms with Crippen LogP contribution in [0.2, 0.25) is 0 Å². The summed E-state index contributed by atoms with van der Waals surface area (Å²) in [5.41, 5.74) is 6.94. The molecule has 0 atom stereocenters. The van der Waals surface area contributed by atoms with Crippen LogP contribution in [-0.4, -0.2) is 46.5 Å². The largest absolute Gasteiger partial charge is 0.398 e. The number of rotatable bonds is 2. The third-order valence-corrected chi connectivity index (χ3v) is 4.37. The Morgan fingerprint density at radius 1 is 1.16 bits per heavy atom. The number of likely N-dealkylation sites (N-methyl/N-ethyl adjacent to an activating group) is 1. The number of benzene rings is 1. The van der Waals surface area contributed by atoms with Gasteiger partial charge in [-0.2, -0.15) is 0 Å². The second-order valence-corrected chi connectivity index (χ2v) is 6.44. The molecule has 0 radical (unpaired) electrons. The van der Waals surface area contributed by atoms with Gasteiger partial charge in [0.2, 0.25) is 10.0 Å². The normalized spacial score (nSPS) is 18.3. The molecule has 0 aromatic heterocycles. The molecule has 6 nitrogen and oxygen atoms in total. The summed E-state index contributed by atoms with van der Waals surface area (Å²) >= 11 is 0. The number of primary sulfonamides is 1. The van der Waals surface area contributed by atoms with Crippen LogP contribution in [0, 0.1) is 0 Å². The molecule has 0 amide bonds. The Labute approximate surface area is 114 Å². The molecule has 7 heteroatoms. The van der Waals surface area contributed by atoms with Gasteiger partial charge >= 0.3 is 0 Å². The monoisotopic (exact) mass is 284 g/mol. The van der Waals surface area contributed by atoms with E-state index in [0.717, 1.165) is 38.3 Å². The van der Waals surface area contributed by atoms with Crippen molar-refractivity contribution in [1.29, 1.82) is 0 Å². The van der Waals surface area contributed by atoms with E-state index in [4.69, 9.17) is 10.9 Å². The summed E-state index contributed by atoms with van der Waals surface area (Å²) in [5, 5.41) is 5.10. The molecule has 1 saturated heterocycles. The van der Waals surface area contributed by atoms with Gasteiger partial charge in [-0.15, -0.1) is 0 Å². The summed E-state index contributed by atoms with van der Waals surface area (Å²) in [6.07, 6.45) is 1.08. The minimum absolute atomic E-state index is 0.0109. The van der Waals surface area contributed by atoms with E-state index in [1.807, 2.05) is 0 Å². The van der Waals surface area contributed by atoms with Crippen LogP contribution < -0.4 is 15.8 Å². The van der Waals surface area contributed by atoms with Gasteiger partial charge in [0.25, 0.3) is 0 Å². The number of anilines is 2. The Balaban J connectivity index is 2.24. The maximum Gasteiger partial charge on any atom is 0.240 e. The van der Waals surface area contributed by atoms with E-state index in [1.165, 1.54) is 6.07 Å². The number of hydrogen-bond donors (Lipinski definition) is 2.